The summed E-state index contributed by atoms with van der Waals surface area (Å²) >= 11 is 0. The topological polar surface area (TPSA) is 93.5 Å². The maximum atomic E-state index is 12.1. The van der Waals surface area contributed by atoms with Crippen molar-refractivity contribution in [2.45, 2.75) is 0 Å². The van der Waals surface area contributed by atoms with Crippen LogP contribution in [0.5, 0.6) is 11.5 Å². The van der Waals surface area contributed by atoms with Crippen LogP contribution in [0.15, 0.2) is 78.9 Å². The number of anilines is 2. The van der Waals surface area contributed by atoms with Crippen LogP contribution in [0.2, 0.25) is 0 Å². The second-order valence-corrected chi connectivity index (χ2v) is 5.79. The summed E-state index contributed by atoms with van der Waals surface area (Å²) in [6.07, 6.45) is 0. The largest absolute Gasteiger partial charge is 0.457 e. The first kappa shape index (κ1) is 18.0. The molecule has 0 aliphatic rings. The normalized spacial score (nSPS) is 10.1. The Kier molecular flexibility index (Phi) is 5.69. The van der Waals surface area contributed by atoms with E-state index in [2.05, 4.69) is 10.6 Å². The second kappa shape index (κ2) is 8.53. The molecule has 0 saturated heterocycles. The Bertz CT molecular complexity index is 925. The second-order valence-electron chi connectivity index (χ2n) is 5.79. The minimum absolute atomic E-state index is 0.0830. The zero-order valence-corrected chi connectivity index (χ0v) is 14.5. The number of primary amides is 1. The minimum Gasteiger partial charge on any atom is -0.457 e. The molecule has 0 saturated carbocycles. The lowest BCUT2D eigenvalue weighted by Gasteiger charge is -2.10. The average Bonchev–Trinajstić information content (AvgIpc) is 2.68. The van der Waals surface area contributed by atoms with Gasteiger partial charge < -0.3 is 21.1 Å². The van der Waals surface area contributed by atoms with Crippen molar-refractivity contribution in [3.63, 3.8) is 0 Å². The van der Waals surface area contributed by atoms with Gasteiger partial charge in [0.2, 0.25) is 11.8 Å². The molecule has 0 aliphatic heterocycles. The number of carbonyl (C=O) groups excluding carboxylic acids is 2. The summed E-state index contributed by atoms with van der Waals surface area (Å²) in [5, 5.41) is 5.80. The standard InChI is InChI=1S/C21H19N3O3/c22-21(26)15-9-11-16(12-10-15)23-14-20(25)24-17-5-4-8-19(13-17)27-18-6-2-1-3-7-18/h1-13,23H,14H2,(H2,22,26)(H,24,25). The SMILES string of the molecule is NC(=O)c1ccc(NCC(=O)Nc2cccc(Oc3ccccc3)c2)cc1. The Labute approximate surface area is 157 Å². The predicted octanol–water partition coefficient (Wildman–Crippen LogP) is 3.63. The van der Waals surface area contributed by atoms with Crippen LogP contribution in [0, 0.1) is 0 Å². The van der Waals surface area contributed by atoms with Crippen molar-refractivity contribution in [3.8, 4) is 11.5 Å². The molecular weight excluding hydrogens is 342 g/mol. The third-order valence-corrected chi connectivity index (χ3v) is 3.72. The predicted molar refractivity (Wildman–Crippen MR) is 105 cm³/mol. The van der Waals surface area contributed by atoms with Crippen LogP contribution in [0.3, 0.4) is 0 Å². The van der Waals surface area contributed by atoms with Crippen LogP contribution in [0.1, 0.15) is 10.4 Å². The molecule has 27 heavy (non-hydrogen) atoms. The van der Waals surface area contributed by atoms with E-state index in [0.29, 0.717) is 17.0 Å². The molecule has 6 nitrogen and oxygen atoms in total. The van der Waals surface area contributed by atoms with E-state index in [1.165, 1.54) is 0 Å². The number of nitrogens with two attached hydrogens (primary N) is 1. The third-order valence-electron chi connectivity index (χ3n) is 3.72. The van der Waals surface area contributed by atoms with Gasteiger partial charge in [-0.15, -0.1) is 0 Å². The summed E-state index contributed by atoms with van der Waals surface area (Å²) in [5.74, 6) is 0.666. The summed E-state index contributed by atoms with van der Waals surface area (Å²) < 4.78 is 5.76. The van der Waals surface area contributed by atoms with Gasteiger partial charge in [0.1, 0.15) is 11.5 Å². The molecule has 0 aromatic heterocycles. The van der Waals surface area contributed by atoms with E-state index in [1.807, 2.05) is 42.5 Å². The number of carbonyl (C=O) groups is 2. The lowest BCUT2D eigenvalue weighted by molar-refractivity contribution is -0.114. The molecule has 0 bridgehead atoms. The van der Waals surface area contributed by atoms with E-state index in [-0.39, 0.29) is 12.5 Å². The minimum atomic E-state index is -0.489. The summed E-state index contributed by atoms with van der Waals surface area (Å²) in [4.78, 5) is 23.2. The van der Waals surface area contributed by atoms with E-state index < -0.39 is 5.91 Å². The quantitative estimate of drug-likeness (QED) is 0.599. The molecule has 0 heterocycles. The number of rotatable bonds is 7. The van der Waals surface area contributed by atoms with Crippen molar-refractivity contribution in [1.29, 1.82) is 0 Å². The number of ether oxygens (including phenoxy) is 1. The van der Waals surface area contributed by atoms with Crippen LogP contribution in [-0.2, 0) is 4.79 Å². The van der Waals surface area contributed by atoms with Crippen molar-refractivity contribution < 1.29 is 14.3 Å². The Morgan fingerprint density at radius 3 is 2.22 bits per heavy atom. The van der Waals surface area contributed by atoms with Gasteiger partial charge in [0.25, 0.3) is 0 Å². The molecule has 4 N–H and O–H groups in total. The molecule has 0 atom stereocenters. The van der Waals surface area contributed by atoms with E-state index in [0.717, 1.165) is 11.4 Å². The highest BCUT2D eigenvalue weighted by atomic mass is 16.5. The summed E-state index contributed by atoms with van der Waals surface area (Å²) in [6.45, 7) is 0.0830. The highest BCUT2D eigenvalue weighted by Gasteiger charge is 2.05. The smallest absolute Gasteiger partial charge is 0.248 e. The summed E-state index contributed by atoms with van der Waals surface area (Å²) in [7, 11) is 0. The highest BCUT2D eigenvalue weighted by molar-refractivity contribution is 5.94. The Balaban J connectivity index is 1.54. The van der Waals surface area contributed by atoms with Crippen molar-refractivity contribution in [2.75, 3.05) is 17.2 Å². The molecule has 3 aromatic carbocycles. The van der Waals surface area contributed by atoms with Crippen molar-refractivity contribution in [1.82, 2.24) is 0 Å². The van der Waals surface area contributed by atoms with Gasteiger partial charge in [-0.25, -0.2) is 0 Å². The Morgan fingerprint density at radius 2 is 1.52 bits per heavy atom. The van der Waals surface area contributed by atoms with Gasteiger partial charge >= 0.3 is 0 Å². The number of hydrogen-bond acceptors (Lipinski definition) is 4. The molecule has 136 valence electrons. The first-order chi connectivity index (χ1) is 13.1. The maximum Gasteiger partial charge on any atom is 0.248 e. The number of hydrogen-bond donors (Lipinski definition) is 3. The van der Waals surface area contributed by atoms with Crippen LogP contribution in [-0.4, -0.2) is 18.4 Å². The van der Waals surface area contributed by atoms with Gasteiger partial charge in [-0.3, -0.25) is 9.59 Å². The van der Waals surface area contributed by atoms with Crippen LogP contribution in [0.25, 0.3) is 0 Å². The fourth-order valence-corrected chi connectivity index (χ4v) is 2.40. The molecule has 0 radical (unpaired) electrons. The summed E-state index contributed by atoms with van der Waals surface area (Å²) in [5.41, 5.74) is 6.97. The molecule has 0 aliphatic carbocycles. The number of amides is 2. The van der Waals surface area contributed by atoms with Crippen molar-refractivity contribution >= 4 is 23.2 Å². The zero-order valence-electron chi connectivity index (χ0n) is 14.5. The average molecular weight is 361 g/mol. The Morgan fingerprint density at radius 1 is 0.815 bits per heavy atom. The third kappa shape index (κ3) is 5.34. The lowest BCUT2D eigenvalue weighted by atomic mass is 10.2. The van der Waals surface area contributed by atoms with E-state index >= 15 is 0 Å². The van der Waals surface area contributed by atoms with Gasteiger partial charge in [0.05, 0.1) is 6.54 Å². The molecule has 0 unspecified atom stereocenters. The highest BCUT2D eigenvalue weighted by Crippen LogP contribution is 2.23. The van der Waals surface area contributed by atoms with Crippen molar-refractivity contribution in [2.24, 2.45) is 5.73 Å². The Hall–Kier alpha value is -3.80. The van der Waals surface area contributed by atoms with Crippen LogP contribution < -0.4 is 21.1 Å². The first-order valence-corrected chi connectivity index (χ1v) is 8.37. The first-order valence-electron chi connectivity index (χ1n) is 8.37. The molecule has 3 aromatic rings. The monoisotopic (exact) mass is 361 g/mol. The van der Waals surface area contributed by atoms with Gasteiger partial charge in [0, 0.05) is 23.0 Å². The number of nitrogens with one attached hydrogen (secondary N) is 2. The zero-order chi connectivity index (χ0) is 19.1. The van der Waals surface area contributed by atoms with E-state index in [9.17, 15) is 9.59 Å². The van der Waals surface area contributed by atoms with Gasteiger partial charge in [-0.05, 0) is 48.5 Å². The molecule has 0 fully saturated rings. The summed E-state index contributed by atoms with van der Waals surface area (Å²) in [6, 6.07) is 23.2. The van der Waals surface area contributed by atoms with Gasteiger partial charge in [0.15, 0.2) is 0 Å². The maximum absolute atomic E-state index is 12.1. The molecular formula is C21H19N3O3. The fourth-order valence-electron chi connectivity index (χ4n) is 2.40. The van der Waals surface area contributed by atoms with Crippen molar-refractivity contribution in [3.05, 3.63) is 84.4 Å². The molecule has 0 spiro atoms. The van der Waals surface area contributed by atoms with E-state index in [4.69, 9.17) is 10.5 Å². The van der Waals surface area contributed by atoms with Gasteiger partial charge in [-0.1, -0.05) is 24.3 Å². The van der Waals surface area contributed by atoms with Gasteiger partial charge in [-0.2, -0.15) is 0 Å². The number of benzene rings is 3. The van der Waals surface area contributed by atoms with Crippen LogP contribution in [0.4, 0.5) is 11.4 Å². The van der Waals surface area contributed by atoms with Crippen LogP contribution >= 0.6 is 0 Å². The lowest BCUT2D eigenvalue weighted by Crippen LogP contribution is -2.21. The van der Waals surface area contributed by atoms with E-state index in [1.54, 1.807) is 36.4 Å². The fraction of sp³-hybridized carbons (Fsp3) is 0.0476. The number of para-hydroxylation sites is 1. The molecule has 2 amide bonds. The molecule has 6 heteroatoms. The molecule has 3 rings (SSSR count).